The van der Waals surface area contributed by atoms with Crippen LogP contribution in [0.3, 0.4) is 0 Å². The van der Waals surface area contributed by atoms with E-state index in [9.17, 15) is 19.2 Å². The highest BCUT2D eigenvalue weighted by molar-refractivity contribution is 5.88. The number of anilines is 6. The molecule has 0 radical (unpaired) electrons. The molecule has 10 fully saturated rings. The van der Waals surface area contributed by atoms with E-state index in [1.807, 2.05) is 55.4 Å². The van der Waals surface area contributed by atoms with Gasteiger partial charge >= 0.3 is 0 Å². The minimum absolute atomic E-state index is 0.135. The van der Waals surface area contributed by atoms with Crippen molar-refractivity contribution in [2.75, 3.05) is 134 Å². The van der Waals surface area contributed by atoms with E-state index in [4.69, 9.17) is 29.9 Å². The SMILES string of the molecule is CC1(C)CN(CCN(c2nc(N3CCC(CCCC4CCN(c5nc(N(CCN6CC(C)(C)NC(C)(C)C6=O)C6CCCCC6)nc(N(CCN6CC(C)(C)NC(C)(C)C6=O)C6CCCCC6)n5)CC4)CC3)nc(N(CCN3CC(C)(C)NC(C)(C)C3=O)C3CCCCC3)n2)C2CCCCC2)C(=O)C(C)(C)N1. The molecule has 4 N–H and O–H groups in total. The molecule has 0 aromatic carbocycles. The van der Waals surface area contributed by atoms with Crippen LogP contribution in [0.25, 0.3) is 0 Å². The van der Waals surface area contributed by atoms with Gasteiger partial charge in [0.15, 0.2) is 0 Å². The van der Waals surface area contributed by atoms with Crippen molar-refractivity contribution in [2.45, 2.75) is 353 Å². The lowest BCUT2D eigenvalue weighted by molar-refractivity contribution is -0.143. The van der Waals surface area contributed by atoms with Gasteiger partial charge in [0.05, 0.1) is 22.2 Å². The number of amides is 4. The molecule has 10 aliphatic rings. The summed E-state index contributed by atoms with van der Waals surface area (Å²) in [5, 5.41) is 14.5. The Bertz CT molecular complexity index is 2930. The normalized spacial score (nSPS) is 25.5. The van der Waals surface area contributed by atoms with E-state index in [0.29, 0.717) is 90.4 Å². The Labute approximate surface area is 644 Å². The first-order chi connectivity index (χ1) is 50.5. The molecule has 2 aromatic rings. The molecule has 4 aliphatic carbocycles. The summed E-state index contributed by atoms with van der Waals surface area (Å²) in [5.41, 5.74) is -3.60. The van der Waals surface area contributed by atoms with Gasteiger partial charge in [-0.25, -0.2) is 0 Å². The van der Waals surface area contributed by atoms with E-state index in [0.717, 1.165) is 190 Å². The number of hydrogen-bond donors (Lipinski definition) is 4. The van der Waals surface area contributed by atoms with Crippen LogP contribution >= 0.6 is 0 Å². The molecule has 6 aliphatic heterocycles. The predicted molar refractivity (Wildman–Crippen MR) is 432 cm³/mol. The third kappa shape index (κ3) is 20.1. The molecule has 4 saturated carbocycles. The Morgan fingerprint density at radius 3 is 0.738 bits per heavy atom. The highest BCUT2D eigenvalue weighted by Gasteiger charge is 2.48. The van der Waals surface area contributed by atoms with Crippen LogP contribution in [0.4, 0.5) is 35.7 Å². The van der Waals surface area contributed by atoms with E-state index in [2.05, 4.69) is 126 Å². The summed E-state index contributed by atoms with van der Waals surface area (Å²) in [5.74, 6) is 6.22. The maximum absolute atomic E-state index is 14.2. The van der Waals surface area contributed by atoms with Crippen LogP contribution < -0.4 is 50.7 Å². The van der Waals surface area contributed by atoms with E-state index in [1.54, 1.807) is 0 Å². The van der Waals surface area contributed by atoms with Gasteiger partial charge < -0.3 is 49.0 Å². The van der Waals surface area contributed by atoms with Crippen molar-refractivity contribution in [3.8, 4) is 0 Å². The lowest BCUT2D eigenvalue weighted by atomic mass is 9.87. The maximum Gasteiger partial charge on any atom is 0.242 e. The molecule has 600 valence electrons. The van der Waals surface area contributed by atoms with Crippen LogP contribution in [0.2, 0.25) is 0 Å². The summed E-state index contributed by atoms with van der Waals surface area (Å²) in [4.78, 5) is 114. The number of aromatic nitrogens is 6. The van der Waals surface area contributed by atoms with Crippen molar-refractivity contribution in [3.63, 3.8) is 0 Å². The van der Waals surface area contributed by atoms with Crippen molar-refractivity contribution in [1.29, 1.82) is 0 Å². The van der Waals surface area contributed by atoms with Crippen LogP contribution in [0, 0.1) is 11.8 Å². The van der Waals surface area contributed by atoms with Crippen LogP contribution in [0.15, 0.2) is 0 Å². The van der Waals surface area contributed by atoms with Crippen LogP contribution in [0.5, 0.6) is 0 Å². The maximum atomic E-state index is 14.2. The molecule has 0 unspecified atom stereocenters. The summed E-state index contributed by atoms with van der Waals surface area (Å²) < 4.78 is 0. The van der Waals surface area contributed by atoms with Crippen LogP contribution in [-0.4, -0.2) is 246 Å². The highest BCUT2D eigenvalue weighted by Crippen LogP contribution is 2.38. The number of carbonyl (C=O) groups is 4. The van der Waals surface area contributed by atoms with Crippen molar-refractivity contribution < 1.29 is 19.2 Å². The summed E-state index contributed by atoms with van der Waals surface area (Å²) in [6.45, 7) is 44.8. The second-order valence-corrected chi connectivity index (χ2v) is 39.6. The monoisotopic (exact) mass is 1490 g/mol. The van der Waals surface area contributed by atoms with Gasteiger partial charge in [0.2, 0.25) is 59.3 Å². The average molecular weight is 1490 g/mol. The summed E-state index contributed by atoms with van der Waals surface area (Å²) in [7, 11) is 0. The predicted octanol–water partition coefficient (Wildman–Crippen LogP) is 10.9. The largest absolute Gasteiger partial charge is 0.341 e. The molecular formula is C83H144N20O4. The fourth-order valence-electron chi connectivity index (χ4n) is 21.5. The third-order valence-corrected chi connectivity index (χ3v) is 26.0. The molecule has 6 saturated heterocycles. The molecular weight excluding hydrogens is 1340 g/mol. The highest BCUT2D eigenvalue weighted by atomic mass is 16.2. The number of rotatable bonds is 26. The number of carbonyl (C=O) groups excluding carboxylic acids is 4. The van der Waals surface area contributed by atoms with Crippen molar-refractivity contribution in [2.24, 2.45) is 11.8 Å². The van der Waals surface area contributed by atoms with Gasteiger partial charge in [-0.05, 0) is 200 Å². The van der Waals surface area contributed by atoms with E-state index < -0.39 is 22.2 Å². The van der Waals surface area contributed by atoms with Gasteiger partial charge in [-0.1, -0.05) is 96.3 Å². The summed E-state index contributed by atoms with van der Waals surface area (Å²) in [6, 6.07) is 1.02. The molecule has 12 rings (SSSR count). The standard InChI is InChI=1S/C83H144N20O4/c1-76(2)56-96(66(104)80(9,10)90-76)48-52-100(62-32-21-17-22-33-62)72-84-70(85-73(88-72)101(63-34-23-18-24-35-63)53-49-97-57-77(3,4)91-81(11,12)67(97)105)94-44-40-60(41-45-94)30-29-31-61-42-46-95(47-43-61)71-86-74(102(64-36-25-19-26-37-64)54-50-98-58-78(5,6)92-82(13,14)68(98)106)89-75(87-71)103(65-38-27-20-28-39-65)55-51-99-59-79(7,8)93-83(15,16)69(99)107/h60-65,90-93H,17-59H2,1-16H3. The first-order valence-electron chi connectivity index (χ1n) is 43.0. The molecule has 24 nitrogen and oxygen atoms in total. The molecule has 107 heavy (non-hydrogen) atoms. The van der Waals surface area contributed by atoms with E-state index in [-0.39, 0.29) is 70.0 Å². The topological polar surface area (TPSA) is 226 Å². The first-order valence-corrected chi connectivity index (χ1v) is 43.0. The lowest BCUT2D eigenvalue weighted by Crippen LogP contribution is -2.70. The van der Waals surface area contributed by atoms with Crippen molar-refractivity contribution >= 4 is 59.3 Å². The van der Waals surface area contributed by atoms with Gasteiger partial charge in [0, 0.05) is 151 Å². The lowest BCUT2D eigenvalue weighted by Gasteiger charge is -2.48. The Morgan fingerprint density at radius 2 is 0.523 bits per heavy atom. The molecule has 0 atom stereocenters. The second kappa shape index (κ2) is 33.1. The number of nitrogens with zero attached hydrogens (tertiary/aromatic N) is 16. The van der Waals surface area contributed by atoms with E-state index >= 15 is 0 Å². The smallest absolute Gasteiger partial charge is 0.242 e. The zero-order chi connectivity index (χ0) is 76.5. The fourth-order valence-corrected chi connectivity index (χ4v) is 21.5. The molecule has 0 bridgehead atoms. The first kappa shape index (κ1) is 81.0. The number of hydrogen-bond acceptors (Lipinski definition) is 20. The molecule has 0 spiro atoms. The molecule has 24 heteroatoms. The zero-order valence-electron chi connectivity index (χ0n) is 69.7. The van der Waals surface area contributed by atoms with Gasteiger partial charge in [-0.2, -0.15) is 29.9 Å². The average Bonchev–Trinajstić information content (AvgIpc) is 0.796. The minimum Gasteiger partial charge on any atom is -0.341 e. The van der Waals surface area contributed by atoms with Gasteiger partial charge in [-0.3, -0.25) is 40.4 Å². The minimum atomic E-state index is -0.670. The molecule has 8 heterocycles. The third-order valence-electron chi connectivity index (χ3n) is 26.0. The number of piperazine rings is 4. The number of nitrogens with one attached hydrogen (secondary N) is 4. The van der Waals surface area contributed by atoms with Gasteiger partial charge in [0.25, 0.3) is 0 Å². The Morgan fingerprint density at radius 1 is 0.308 bits per heavy atom. The fraction of sp³-hybridized carbons (Fsp3) is 0.880. The quantitative estimate of drug-likeness (QED) is 0.0687. The van der Waals surface area contributed by atoms with Crippen molar-refractivity contribution in [3.05, 3.63) is 0 Å². The summed E-state index contributed by atoms with van der Waals surface area (Å²) >= 11 is 0. The van der Waals surface area contributed by atoms with Gasteiger partial charge in [0.1, 0.15) is 0 Å². The second-order valence-electron chi connectivity index (χ2n) is 39.6. The molecule has 4 amide bonds. The Kier molecular flexibility index (Phi) is 25.1. The van der Waals surface area contributed by atoms with Crippen molar-refractivity contribution in [1.82, 2.24) is 70.8 Å². The zero-order valence-corrected chi connectivity index (χ0v) is 69.7. The van der Waals surface area contributed by atoms with Crippen LogP contribution in [0.1, 0.15) is 284 Å². The summed E-state index contributed by atoms with van der Waals surface area (Å²) in [6.07, 6.45) is 30.7. The Hall–Kier alpha value is -5.46. The molecule has 2 aromatic heterocycles. The number of piperidine rings is 2. The van der Waals surface area contributed by atoms with E-state index in [1.165, 1.54) is 44.9 Å². The van der Waals surface area contributed by atoms with Gasteiger partial charge in [-0.15, -0.1) is 0 Å². The Balaban J connectivity index is 0.760. The van der Waals surface area contributed by atoms with Crippen LogP contribution in [-0.2, 0) is 19.2 Å².